The average Bonchev–Trinajstić information content (AvgIpc) is 2.79. The van der Waals surface area contributed by atoms with Crippen molar-refractivity contribution in [2.45, 2.75) is 31.3 Å². The number of aromatic nitrogens is 1. The van der Waals surface area contributed by atoms with Crippen LogP contribution in [0.25, 0.3) is 32.4 Å². The highest BCUT2D eigenvalue weighted by Crippen LogP contribution is 2.43. The summed E-state index contributed by atoms with van der Waals surface area (Å²) in [5.41, 5.74) is 3.68. The Morgan fingerprint density at radius 3 is 2.50 bits per heavy atom. The van der Waals surface area contributed by atoms with E-state index in [1.54, 1.807) is 0 Å². The number of benzene rings is 4. The molecule has 0 fully saturated rings. The van der Waals surface area contributed by atoms with E-state index in [4.69, 9.17) is 0 Å². The van der Waals surface area contributed by atoms with Gasteiger partial charge in [-0.15, -0.1) is 0 Å². The van der Waals surface area contributed by atoms with Crippen LogP contribution >= 0.6 is 0 Å². The van der Waals surface area contributed by atoms with Crippen molar-refractivity contribution in [2.24, 2.45) is 0 Å². The van der Waals surface area contributed by atoms with Crippen molar-refractivity contribution in [2.75, 3.05) is 0 Å². The number of fused-ring (bicyclic) bond motifs is 6. The maximum atomic E-state index is 12.1. The Bertz CT molecular complexity index is 1420. The largest absolute Gasteiger partial charge is 0.385 e. The zero-order valence-electron chi connectivity index (χ0n) is 16.8. The van der Waals surface area contributed by atoms with Crippen LogP contribution < -0.4 is 0 Å². The van der Waals surface area contributed by atoms with E-state index in [1.165, 1.54) is 27.1 Å². The van der Waals surface area contributed by atoms with Crippen molar-refractivity contribution in [3.63, 3.8) is 0 Å². The predicted molar refractivity (Wildman–Crippen MR) is 124 cm³/mol. The van der Waals surface area contributed by atoms with Gasteiger partial charge in [0.1, 0.15) is 0 Å². The lowest BCUT2D eigenvalue weighted by Crippen LogP contribution is -2.33. The molecule has 5 aromatic rings. The molecule has 6 rings (SSSR count). The Balaban J connectivity index is 1.58. The number of aryl methyl sites for hydroxylation is 1. The number of nitrogens with zero attached hydrogens (tertiary/aromatic N) is 1. The van der Waals surface area contributed by atoms with Gasteiger partial charge in [-0.1, -0.05) is 66.7 Å². The first-order chi connectivity index (χ1) is 14.7. The molecule has 1 heterocycles. The summed E-state index contributed by atoms with van der Waals surface area (Å²) in [7, 11) is 0. The van der Waals surface area contributed by atoms with Gasteiger partial charge in [-0.05, 0) is 69.6 Å². The molecule has 2 heteroatoms. The molecule has 0 amide bonds. The van der Waals surface area contributed by atoms with Gasteiger partial charge in [-0.25, -0.2) is 0 Å². The van der Waals surface area contributed by atoms with Gasteiger partial charge in [-0.3, -0.25) is 4.98 Å². The number of rotatable bonds is 2. The van der Waals surface area contributed by atoms with E-state index in [0.717, 1.165) is 41.3 Å². The molecule has 1 unspecified atom stereocenters. The Labute approximate surface area is 175 Å². The number of aliphatic hydroxyl groups is 1. The Morgan fingerprint density at radius 2 is 1.57 bits per heavy atom. The van der Waals surface area contributed by atoms with Gasteiger partial charge in [0.15, 0.2) is 0 Å². The maximum Gasteiger partial charge on any atom is 0.0945 e. The molecule has 146 valence electrons. The monoisotopic (exact) mass is 389 g/mol. The van der Waals surface area contributed by atoms with Crippen LogP contribution in [0.1, 0.15) is 29.5 Å². The van der Waals surface area contributed by atoms with E-state index in [9.17, 15) is 5.11 Å². The van der Waals surface area contributed by atoms with E-state index >= 15 is 0 Å². The normalized spacial score (nSPS) is 18.7. The molecule has 0 saturated carbocycles. The summed E-state index contributed by atoms with van der Waals surface area (Å²) in [5.74, 6) is 0. The third-order valence-electron chi connectivity index (χ3n) is 6.74. The molecular formula is C28H23NO. The molecule has 4 aromatic carbocycles. The van der Waals surface area contributed by atoms with Gasteiger partial charge in [0.05, 0.1) is 11.1 Å². The Morgan fingerprint density at radius 1 is 0.767 bits per heavy atom. The van der Waals surface area contributed by atoms with Crippen LogP contribution in [-0.4, -0.2) is 10.1 Å². The highest BCUT2D eigenvalue weighted by Gasteiger charge is 2.36. The summed E-state index contributed by atoms with van der Waals surface area (Å²) in [5, 5.41) is 18.1. The van der Waals surface area contributed by atoms with E-state index in [-0.39, 0.29) is 0 Å². The van der Waals surface area contributed by atoms with Gasteiger partial charge in [0, 0.05) is 18.0 Å². The Kier molecular flexibility index (Phi) is 3.90. The minimum atomic E-state index is -0.875. The summed E-state index contributed by atoms with van der Waals surface area (Å²) < 4.78 is 0. The Hall–Kier alpha value is -3.23. The fourth-order valence-electron chi connectivity index (χ4n) is 5.39. The van der Waals surface area contributed by atoms with Crippen LogP contribution in [0.4, 0.5) is 0 Å². The molecule has 30 heavy (non-hydrogen) atoms. The smallest absolute Gasteiger partial charge is 0.0945 e. The number of para-hydroxylation sites is 1. The zero-order chi connectivity index (χ0) is 20.1. The second-order valence-electron chi connectivity index (χ2n) is 8.53. The van der Waals surface area contributed by atoms with Gasteiger partial charge in [0.2, 0.25) is 0 Å². The first-order valence-corrected chi connectivity index (χ1v) is 10.7. The van der Waals surface area contributed by atoms with Gasteiger partial charge < -0.3 is 5.11 Å². The molecule has 1 aromatic heterocycles. The van der Waals surface area contributed by atoms with Gasteiger partial charge in [-0.2, -0.15) is 0 Å². The lowest BCUT2D eigenvalue weighted by molar-refractivity contribution is 0.0209. The molecule has 1 atom stereocenters. The summed E-state index contributed by atoms with van der Waals surface area (Å²) in [6.07, 6.45) is 5.28. The van der Waals surface area contributed by atoms with Crippen molar-refractivity contribution in [3.05, 3.63) is 102 Å². The maximum absolute atomic E-state index is 12.1. The van der Waals surface area contributed by atoms with Crippen LogP contribution in [0.15, 0.2) is 85.1 Å². The van der Waals surface area contributed by atoms with Gasteiger partial charge >= 0.3 is 0 Å². The molecule has 0 aliphatic heterocycles. The topological polar surface area (TPSA) is 33.1 Å². The lowest BCUT2D eigenvalue weighted by Gasteiger charge is -2.36. The molecule has 1 N–H and O–H groups in total. The van der Waals surface area contributed by atoms with E-state index < -0.39 is 5.60 Å². The van der Waals surface area contributed by atoms with Crippen molar-refractivity contribution in [1.29, 1.82) is 0 Å². The molecule has 2 nitrogen and oxygen atoms in total. The van der Waals surface area contributed by atoms with Gasteiger partial charge in [0.25, 0.3) is 0 Å². The number of hydrogen-bond donors (Lipinski definition) is 1. The van der Waals surface area contributed by atoms with Crippen LogP contribution in [-0.2, 0) is 18.4 Å². The standard InChI is InChI=1S/C28H23NO/c30-28(18-21-15-17-29-26-10-4-3-9-23(21)26)16-5-7-20-12-13-24-22-8-2-1-6-19(22)11-14-25(24)27(20)28/h1-4,6,8-15,17,30H,5,7,16,18H2. The average molecular weight is 389 g/mol. The van der Waals surface area contributed by atoms with E-state index in [0.29, 0.717) is 6.42 Å². The molecule has 1 aliphatic carbocycles. The number of hydrogen-bond acceptors (Lipinski definition) is 2. The van der Waals surface area contributed by atoms with Crippen molar-refractivity contribution in [3.8, 4) is 0 Å². The minimum absolute atomic E-state index is 0.606. The second-order valence-corrected chi connectivity index (χ2v) is 8.53. The van der Waals surface area contributed by atoms with Crippen LogP contribution in [0.5, 0.6) is 0 Å². The van der Waals surface area contributed by atoms with Crippen LogP contribution in [0.3, 0.4) is 0 Å². The summed E-state index contributed by atoms with van der Waals surface area (Å²) in [6, 6.07) is 27.7. The molecule has 0 saturated heterocycles. The third kappa shape index (κ3) is 2.64. The third-order valence-corrected chi connectivity index (χ3v) is 6.74. The fraction of sp³-hybridized carbons (Fsp3) is 0.179. The summed E-state index contributed by atoms with van der Waals surface area (Å²) >= 11 is 0. The molecular weight excluding hydrogens is 366 g/mol. The highest BCUT2D eigenvalue weighted by atomic mass is 16.3. The first-order valence-electron chi connectivity index (χ1n) is 10.7. The van der Waals surface area contributed by atoms with Crippen molar-refractivity contribution < 1.29 is 5.11 Å². The van der Waals surface area contributed by atoms with E-state index in [1.807, 2.05) is 24.4 Å². The quantitative estimate of drug-likeness (QED) is 0.359. The second kappa shape index (κ2) is 6.65. The molecule has 0 bridgehead atoms. The van der Waals surface area contributed by atoms with Crippen LogP contribution in [0.2, 0.25) is 0 Å². The first kappa shape index (κ1) is 17.6. The molecule has 0 spiro atoms. The summed E-state index contributed by atoms with van der Waals surface area (Å²) in [6.45, 7) is 0. The van der Waals surface area contributed by atoms with Crippen molar-refractivity contribution >= 4 is 32.4 Å². The van der Waals surface area contributed by atoms with Crippen molar-refractivity contribution in [1.82, 2.24) is 4.98 Å². The molecule has 1 aliphatic rings. The summed E-state index contributed by atoms with van der Waals surface area (Å²) in [4.78, 5) is 4.50. The SMILES string of the molecule is OC1(Cc2ccnc3ccccc23)CCCc2ccc3c(ccc4ccccc43)c21. The fourth-order valence-corrected chi connectivity index (χ4v) is 5.39. The predicted octanol–water partition coefficient (Wildman–Crippen LogP) is 6.31. The zero-order valence-corrected chi connectivity index (χ0v) is 16.8. The van der Waals surface area contributed by atoms with E-state index in [2.05, 4.69) is 65.6 Å². The lowest BCUT2D eigenvalue weighted by atomic mass is 9.73. The highest BCUT2D eigenvalue weighted by molar-refractivity contribution is 6.09. The number of pyridine rings is 1. The van der Waals surface area contributed by atoms with Crippen LogP contribution in [0, 0.1) is 0 Å². The minimum Gasteiger partial charge on any atom is -0.385 e. The molecule has 0 radical (unpaired) electrons.